The molecule has 136 valence electrons. The van der Waals surface area contributed by atoms with Gasteiger partial charge in [-0.15, -0.1) is 0 Å². The van der Waals surface area contributed by atoms with Crippen LogP contribution in [0.15, 0.2) is 54.6 Å². The van der Waals surface area contributed by atoms with E-state index in [2.05, 4.69) is 23.6 Å². The molecule has 2 aromatic carbocycles. The molecule has 2 aromatic rings. The summed E-state index contributed by atoms with van der Waals surface area (Å²) in [6, 6.07) is 17.6. The normalized spacial score (nSPS) is 19.6. The van der Waals surface area contributed by atoms with Gasteiger partial charge in [-0.1, -0.05) is 42.5 Å². The summed E-state index contributed by atoms with van der Waals surface area (Å²) >= 11 is 0. The van der Waals surface area contributed by atoms with Gasteiger partial charge >= 0.3 is 0 Å². The molecule has 1 saturated carbocycles. The SMILES string of the molecule is Cc1ccccc1CNC(=O)C1CCC(C(=O)Nc2ccccc2)CC1. The average Bonchev–Trinajstić information content (AvgIpc) is 2.68. The number of carbonyl (C=O) groups excluding carboxylic acids is 2. The van der Waals surface area contributed by atoms with Gasteiger partial charge in [-0.05, 0) is 55.9 Å². The van der Waals surface area contributed by atoms with Crippen LogP contribution in [0.1, 0.15) is 36.8 Å². The molecule has 0 unspecified atom stereocenters. The number of aryl methyl sites for hydroxylation is 1. The molecule has 0 radical (unpaired) electrons. The molecule has 1 aliphatic carbocycles. The smallest absolute Gasteiger partial charge is 0.227 e. The first-order valence-corrected chi connectivity index (χ1v) is 9.31. The van der Waals surface area contributed by atoms with E-state index in [0.717, 1.165) is 36.9 Å². The molecule has 0 aromatic heterocycles. The Morgan fingerprint density at radius 1 is 0.846 bits per heavy atom. The molecule has 0 aliphatic heterocycles. The number of nitrogens with one attached hydrogen (secondary N) is 2. The lowest BCUT2D eigenvalue weighted by molar-refractivity contribution is -0.128. The molecule has 0 bridgehead atoms. The van der Waals surface area contributed by atoms with Gasteiger partial charge in [-0.3, -0.25) is 9.59 Å². The van der Waals surface area contributed by atoms with Crippen LogP contribution >= 0.6 is 0 Å². The first-order chi connectivity index (χ1) is 12.6. The maximum atomic E-state index is 12.4. The predicted octanol–water partition coefficient (Wildman–Crippen LogP) is 4.06. The number of anilines is 1. The van der Waals surface area contributed by atoms with Crippen LogP contribution in [-0.4, -0.2) is 11.8 Å². The lowest BCUT2D eigenvalue weighted by Gasteiger charge is -2.27. The predicted molar refractivity (Wildman–Crippen MR) is 104 cm³/mol. The summed E-state index contributed by atoms with van der Waals surface area (Å²) in [5.74, 6) is 0.181. The summed E-state index contributed by atoms with van der Waals surface area (Å²) in [6.45, 7) is 2.62. The lowest BCUT2D eigenvalue weighted by Crippen LogP contribution is -2.35. The van der Waals surface area contributed by atoms with Crippen molar-refractivity contribution in [1.29, 1.82) is 0 Å². The Balaban J connectivity index is 1.45. The molecular formula is C22H26N2O2. The largest absolute Gasteiger partial charge is 0.352 e. The molecule has 0 heterocycles. The minimum absolute atomic E-state index is 0.00405. The summed E-state index contributed by atoms with van der Waals surface area (Å²) in [4.78, 5) is 24.8. The number of rotatable bonds is 5. The highest BCUT2D eigenvalue weighted by Crippen LogP contribution is 2.30. The third-order valence-corrected chi connectivity index (χ3v) is 5.22. The van der Waals surface area contributed by atoms with Gasteiger partial charge in [0.25, 0.3) is 0 Å². The topological polar surface area (TPSA) is 58.2 Å². The summed E-state index contributed by atoms with van der Waals surface area (Å²) in [5.41, 5.74) is 3.17. The zero-order valence-electron chi connectivity index (χ0n) is 15.2. The van der Waals surface area contributed by atoms with E-state index in [9.17, 15) is 9.59 Å². The maximum absolute atomic E-state index is 12.4. The van der Waals surface area contributed by atoms with Crippen LogP contribution in [0.4, 0.5) is 5.69 Å². The van der Waals surface area contributed by atoms with E-state index in [1.165, 1.54) is 5.56 Å². The second-order valence-electron chi connectivity index (χ2n) is 7.05. The summed E-state index contributed by atoms with van der Waals surface area (Å²) in [6.07, 6.45) is 3.07. The molecule has 0 atom stereocenters. The van der Waals surface area contributed by atoms with E-state index in [1.807, 2.05) is 48.5 Å². The van der Waals surface area contributed by atoms with Gasteiger partial charge in [0.1, 0.15) is 0 Å². The van der Waals surface area contributed by atoms with Crippen LogP contribution in [-0.2, 0) is 16.1 Å². The van der Waals surface area contributed by atoms with Crippen molar-refractivity contribution in [3.05, 3.63) is 65.7 Å². The summed E-state index contributed by atoms with van der Waals surface area (Å²) < 4.78 is 0. The van der Waals surface area contributed by atoms with Crippen molar-refractivity contribution < 1.29 is 9.59 Å². The van der Waals surface area contributed by atoms with Crippen LogP contribution in [0, 0.1) is 18.8 Å². The highest BCUT2D eigenvalue weighted by Gasteiger charge is 2.29. The molecule has 0 saturated heterocycles. The van der Waals surface area contributed by atoms with Crippen LogP contribution < -0.4 is 10.6 Å². The Morgan fingerprint density at radius 3 is 2.08 bits per heavy atom. The number of amides is 2. The third kappa shape index (κ3) is 4.72. The second kappa shape index (κ2) is 8.65. The van der Waals surface area contributed by atoms with E-state index >= 15 is 0 Å². The monoisotopic (exact) mass is 350 g/mol. The van der Waals surface area contributed by atoms with Gasteiger partial charge in [0.2, 0.25) is 11.8 Å². The zero-order chi connectivity index (χ0) is 18.4. The van der Waals surface area contributed by atoms with E-state index in [4.69, 9.17) is 0 Å². The first-order valence-electron chi connectivity index (χ1n) is 9.31. The number of hydrogen-bond acceptors (Lipinski definition) is 2. The van der Waals surface area contributed by atoms with Gasteiger partial charge in [0.15, 0.2) is 0 Å². The quantitative estimate of drug-likeness (QED) is 0.854. The molecule has 2 N–H and O–H groups in total. The average molecular weight is 350 g/mol. The molecule has 4 nitrogen and oxygen atoms in total. The van der Waals surface area contributed by atoms with Crippen LogP contribution in [0.3, 0.4) is 0 Å². The van der Waals surface area contributed by atoms with E-state index in [1.54, 1.807) is 0 Å². The number of hydrogen-bond donors (Lipinski definition) is 2. The van der Waals surface area contributed by atoms with Gasteiger partial charge in [0, 0.05) is 24.1 Å². The number of carbonyl (C=O) groups is 2. The van der Waals surface area contributed by atoms with E-state index in [-0.39, 0.29) is 23.7 Å². The van der Waals surface area contributed by atoms with Gasteiger partial charge in [-0.25, -0.2) is 0 Å². The Hall–Kier alpha value is -2.62. The van der Waals surface area contributed by atoms with Crippen LogP contribution in [0.5, 0.6) is 0 Å². The molecule has 1 fully saturated rings. The maximum Gasteiger partial charge on any atom is 0.227 e. The van der Waals surface area contributed by atoms with E-state index < -0.39 is 0 Å². The van der Waals surface area contributed by atoms with Crippen molar-refractivity contribution >= 4 is 17.5 Å². The fourth-order valence-corrected chi connectivity index (χ4v) is 3.52. The standard InChI is InChI=1S/C22H26N2O2/c1-16-7-5-6-8-19(16)15-23-21(25)17-11-13-18(14-12-17)22(26)24-20-9-3-2-4-10-20/h2-10,17-18H,11-15H2,1H3,(H,23,25)(H,24,26). The van der Waals surface area contributed by atoms with Crippen LogP contribution in [0.2, 0.25) is 0 Å². The molecule has 4 heteroatoms. The highest BCUT2D eigenvalue weighted by atomic mass is 16.2. The number of benzene rings is 2. The Bertz CT molecular complexity index is 750. The second-order valence-corrected chi connectivity index (χ2v) is 7.05. The first kappa shape index (κ1) is 18.2. The molecule has 3 rings (SSSR count). The molecular weight excluding hydrogens is 324 g/mol. The molecule has 0 spiro atoms. The van der Waals surface area contributed by atoms with Gasteiger partial charge in [0.05, 0.1) is 0 Å². The van der Waals surface area contributed by atoms with Crippen LogP contribution in [0.25, 0.3) is 0 Å². The fraction of sp³-hybridized carbons (Fsp3) is 0.364. The fourth-order valence-electron chi connectivity index (χ4n) is 3.52. The van der Waals surface area contributed by atoms with Gasteiger partial charge < -0.3 is 10.6 Å². The Kier molecular flexibility index (Phi) is 6.05. The number of para-hydroxylation sites is 1. The van der Waals surface area contributed by atoms with Crippen molar-refractivity contribution in [2.24, 2.45) is 11.8 Å². The van der Waals surface area contributed by atoms with Gasteiger partial charge in [-0.2, -0.15) is 0 Å². The van der Waals surface area contributed by atoms with Crippen molar-refractivity contribution in [3.8, 4) is 0 Å². The van der Waals surface area contributed by atoms with Crippen molar-refractivity contribution in [2.45, 2.75) is 39.2 Å². The van der Waals surface area contributed by atoms with Crippen molar-refractivity contribution in [1.82, 2.24) is 5.32 Å². The minimum atomic E-state index is -0.00405. The van der Waals surface area contributed by atoms with E-state index in [0.29, 0.717) is 6.54 Å². The summed E-state index contributed by atoms with van der Waals surface area (Å²) in [7, 11) is 0. The molecule has 2 amide bonds. The molecule has 26 heavy (non-hydrogen) atoms. The third-order valence-electron chi connectivity index (χ3n) is 5.22. The summed E-state index contributed by atoms with van der Waals surface area (Å²) in [5, 5.41) is 6.02. The lowest BCUT2D eigenvalue weighted by atomic mass is 9.81. The Labute approximate surface area is 155 Å². The molecule has 1 aliphatic rings. The Morgan fingerprint density at radius 2 is 1.42 bits per heavy atom. The van der Waals surface area contributed by atoms with Crippen molar-refractivity contribution in [2.75, 3.05) is 5.32 Å². The van der Waals surface area contributed by atoms with Crippen molar-refractivity contribution in [3.63, 3.8) is 0 Å². The minimum Gasteiger partial charge on any atom is -0.352 e. The zero-order valence-corrected chi connectivity index (χ0v) is 15.2. The highest BCUT2D eigenvalue weighted by molar-refractivity contribution is 5.92.